The van der Waals surface area contributed by atoms with Gasteiger partial charge in [-0.1, -0.05) is 0 Å². The van der Waals surface area contributed by atoms with Gasteiger partial charge in [0, 0.05) is 37.6 Å². The fourth-order valence-electron chi connectivity index (χ4n) is 3.81. The van der Waals surface area contributed by atoms with E-state index in [-0.39, 0.29) is 11.3 Å². The molecule has 128 valence electrons. The average molecular weight is 337 g/mol. The molecular formula is C18H28N2O2S. The summed E-state index contributed by atoms with van der Waals surface area (Å²) in [6.07, 6.45) is 2.79. The van der Waals surface area contributed by atoms with Crippen LogP contribution in [-0.2, 0) is 16.0 Å². The van der Waals surface area contributed by atoms with E-state index in [0.717, 1.165) is 51.4 Å². The van der Waals surface area contributed by atoms with E-state index < -0.39 is 0 Å². The lowest BCUT2D eigenvalue weighted by molar-refractivity contribution is -0.135. The minimum atomic E-state index is 0.114. The van der Waals surface area contributed by atoms with Gasteiger partial charge >= 0.3 is 0 Å². The van der Waals surface area contributed by atoms with Crippen LogP contribution in [0.5, 0.6) is 0 Å². The van der Waals surface area contributed by atoms with Crippen LogP contribution in [0.2, 0.25) is 0 Å². The Balaban J connectivity index is 1.67. The van der Waals surface area contributed by atoms with Crippen LogP contribution < -0.4 is 0 Å². The molecule has 0 bridgehead atoms. The van der Waals surface area contributed by atoms with Crippen molar-refractivity contribution in [1.82, 2.24) is 9.80 Å². The third-order valence-electron chi connectivity index (χ3n) is 5.15. The maximum atomic E-state index is 12.7. The Bertz CT molecular complexity index is 517. The third-order valence-corrected chi connectivity index (χ3v) is 5.88. The van der Waals surface area contributed by atoms with Gasteiger partial charge in [-0.15, -0.1) is 0 Å². The molecule has 1 amide bonds. The quantitative estimate of drug-likeness (QED) is 0.851. The van der Waals surface area contributed by atoms with Crippen LogP contribution in [0.4, 0.5) is 0 Å². The third kappa shape index (κ3) is 4.14. The Hall–Kier alpha value is -0.910. The highest BCUT2D eigenvalue weighted by atomic mass is 32.1. The zero-order valence-electron chi connectivity index (χ0n) is 14.3. The first kappa shape index (κ1) is 16.9. The predicted octanol–water partition coefficient (Wildman–Crippen LogP) is 2.64. The van der Waals surface area contributed by atoms with Gasteiger partial charge in [0.15, 0.2) is 0 Å². The highest BCUT2D eigenvalue weighted by Crippen LogP contribution is 2.33. The predicted molar refractivity (Wildman–Crippen MR) is 93.8 cm³/mol. The van der Waals surface area contributed by atoms with Gasteiger partial charge in [-0.05, 0) is 49.1 Å². The van der Waals surface area contributed by atoms with E-state index in [4.69, 9.17) is 4.74 Å². The Kier molecular flexibility index (Phi) is 5.39. The summed E-state index contributed by atoms with van der Waals surface area (Å²) < 4.78 is 5.92. The largest absolute Gasteiger partial charge is 0.379 e. The van der Waals surface area contributed by atoms with Crippen molar-refractivity contribution in [2.45, 2.75) is 39.2 Å². The lowest BCUT2D eigenvalue weighted by Crippen LogP contribution is -2.53. The Labute approximate surface area is 143 Å². The van der Waals surface area contributed by atoms with E-state index in [1.165, 1.54) is 6.42 Å². The van der Waals surface area contributed by atoms with Crippen molar-refractivity contribution in [3.8, 4) is 0 Å². The smallest absolute Gasteiger partial charge is 0.227 e. The van der Waals surface area contributed by atoms with Gasteiger partial charge in [0.05, 0.1) is 19.6 Å². The molecule has 2 aliphatic rings. The molecule has 5 heteroatoms. The molecule has 1 spiro atoms. The summed E-state index contributed by atoms with van der Waals surface area (Å²) >= 11 is 1.66. The Morgan fingerprint density at radius 2 is 2.26 bits per heavy atom. The maximum absolute atomic E-state index is 12.7. The van der Waals surface area contributed by atoms with Crippen LogP contribution in [-0.4, -0.2) is 61.1 Å². The molecule has 4 nitrogen and oxygen atoms in total. The normalized spacial score (nSPS) is 26.7. The fourth-order valence-corrected chi connectivity index (χ4v) is 4.48. The molecule has 0 radical (unpaired) electrons. The maximum Gasteiger partial charge on any atom is 0.227 e. The van der Waals surface area contributed by atoms with E-state index in [1.54, 1.807) is 11.3 Å². The van der Waals surface area contributed by atoms with E-state index in [2.05, 4.69) is 35.1 Å². The second kappa shape index (κ2) is 7.32. The van der Waals surface area contributed by atoms with E-state index >= 15 is 0 Å². The van der Waals surface area contributed by atoms with E-state index in [9.17, 15) is 4.79 Å². The number of amides is 1. The molecule has 2 fully saturated rings. The first-order valence-corrected chi connectivity index (χ1v) is 9.63. The number of thiophene rings is 1. The van der Waals surface area contributed by atoms with Crippen molar-refractivity contribution in [2.75, 3.05) is 39.4 Å². The molecule has 0 aliphatic carbocycles. The second-order valence-corrected chi connectivity index (χ2v) is 8.12. The fraction of sp³-hybridized carbons (Fsp3) is 0.722. The van der Waals surface area contributed by atoms with Gasteiger partial charge in [-0.25, -0.2) is 0 Å². The monoisotopic (exact) mass is 336 g/mol. The molecule has 0 aromatic carbocycles. The van der Waals surface area contributed by atoms with Crippen LogP contribution >= 0.6 is 11.3 Å². The standard InChI is InChI=1S/C18H28N2O2S/c1-15(2)19-7-8-22-14-18(12-19)5-3-6-20(13-18)17(21)10-16-4-9-23-11-16/h4,9,11,15H,3,5-8,10,12-14H2,1-2H3/t18-/m0/s1. The number of nitrogens with zero attached hydrogens (tertiary/aromatic N) is 2. The van der Waals surface area contributed by atoms with Crippen molar-refractivity contribution in [2.24, 2.45) is 5.41 Å². The lowest BCUT2D eigenvalue weighted by Gasteiger charge is -2.44. The molecule has 0 unspecified atom stereocenters. The number of rotatable bonds is 3. The molecule has 23 heavy (non-hydrogen) atoms. The molecule has 1 aromatic heterocycles. The van der Waals surface area contributed by atoms with Crippen molar-refractivity contribution in [1.29, 1.82) is 0 Å². The van der Waals surface area contributed by atoms with Crippen molar-refractivity contribution in [3.05, 3.63) is 22.4 Å². The number of carbonyl (C=O) groups is 1. The van der Waals surface area contributed by atoms with Gasteiger partial charge < -0.3 is 9.64 Å². The van der Waals surface area contributed by atoms with Gasteiger partial charge in [0.1, 0.15) is 0 Å². The molecule has 1 atom stereocenters. The zero-order valence-corrected chi connectivity index (χ0v) is 15.1. The highest BCUT2D eigenvalue weighted by molar-refractivity contribution is 7.07. The second-order valence-electron chi connectivity index (χ2n) is 7.34. The SMILES string of the molecule is CC(C)N1CCOC[C@@]2(CCCN(C(=O)Cc3ccsc3)C2)C1. The average Bonchev–Trinajstić information content (AvgIpc) is 2.95. The van der Waals surface area contributed by atoms with Crippen LogP contribution in [0, 0.1) is 5.41 Å². The summed E-state index contributed by atoms with van der Waals surface area (Å²) in [5.41, 5.74) is 1.25. The minimum Gasteiger partial charge on any atom is -0.379 e. The molecule has 0 N–H and O–H groups in total. The zero-order chi connectivity index (χ0) is 16.3. The number of hydrogen-bond donors (Lipinski definition) is 0. The van der Waals surface area contributed by atoms with Gasteiger partial charge in [0.2, 0.25) is 5.91 Å². The topological polar surface area (TPSA) is 32.8 Å². The number of likely N-dealkylation sites (tertiary alicyclic amines) is 1. The van der Waals surface area contributed by atoms with Crippen molar-refractivity contribution in [3.63, 3.8) is 0 Å². The number of ether oxygens (including phenoxy) is 1. The molecule has 0 saturated carbocycles. The summed E-state index contributed by atoms with van der Waals surface area (Å²) in [4.78, 5) is 17.3. The van der Waals surface area contributed by atoms with Gasteiger partial charge in [-0.2, -0.15) is 11.3 Å². The van der Waals surface area contributed by atoms with Crippen LogP contribution in [0.3, 0.4) is 0 Å². The van der Waals surface area contributed by atoms with Crippen LogP contribution in [0.15, 0.2) is 16.8 Å². The first-order valence-electron chi connectivity index (χ1n) is 8.69. The molecule has 1 aromatic rings. The summed E-state index contributed by atoms with van der Waals surface area (Å²) in [7, 11) is 0. The first-order chi connectivity index (χ1) is 11.1. The molecular weight excluding hydrogens is 308 g/mol. The minimum absolute atomic E-state index is 0.114. The number of carbonyl (C=O) groups excluding carboxylic acids is 1. The molecule has 2 saturated heterocycles. The van der Waals surface area contributed by atoms with Crippen molar-refractivity contribution >= 4 is 17.2 Å². The van der Waals surface area contributed by atoms with Gasteiger partial charge in [-0.3, -0.25) is 9.69 Å². The summed E-state index contributed by atoms with van der Waals surface area (Å²) in [6, 6.07) is 2.59. The molecule has 3 rings (SSSR count). The molecule has 2 aliphatic heterocycles. The van der Waals surface area contributed by atoms with Gasteiger partial charge in [0.25, 0.3) is 0 Å². The van der Waals surface area contributed by atoms with E-state index in [1.807, 2.05) is 5.38 Å². The Morgan fingerprint density at radius 1 is 1.39 bits per heavy atom. The summed E-state index contributed by atoms with van der Waals surface area (Å²) in [6.45, 7) is 9.89. The lowest BCUT2D eigenvalue weighted by atomic mass is 9.79. The van der Waals surface area contributed by atoms with Crippen LogP contribution in [0.1, 0.15) is 32.3 Å². The molecule has 3 heterocycles. The highest BCUT2D eigenvalue weighted by Gasteiger charge is 2.40. The Morgan fingerprint density at radius 3 is 3.00 bits per heavy atom. The number of hydrogen-bond acceptors (Lipinski definition) is 4. The van der Waals surface area contributed by atoms with Crippen molar-refractivity contribution < 1.29 is 9.53 Å². The van der Waals surface area contributed by atoms with E-state index in [0.29, 0.717) is 12.5 Å². The summed E-state index contributed by atoms with van der Waals surface area (Å²) in [5, 5.41) is 4.12. The van der Waals surface area contributed by atoms with Crippen LogP contribution in [0.25, 0.3) is 0 Å². The summed E-state index contributed by atoms with van der Waals surface area (Å²) in [5.74, 6) is 0.266. The number of piperidine rings is 1.